The third-order valence-corrected chi connectivity index (χ3v) is 2.75. The Hall–Kier alpha value is -2.68. The molecule has 2 N–H and O–H groups in total. The fraction of sp³-hybridized carbons (Fsp3) is 0.333. The number of amides is 1. The Morgan fingerprint density at radius 3 is 2.95 bits per heavy atom. The van der Waals surface area contributed by atoms with E-state index in [9.17, 15) is 9.59 Å². The summed E-state index contributed by atoms with van der Waals surface area (Å²) < 4.78 is 7.63. The lowest BCUT2D eigenvalue weighted by molar-refractivity contribution is -0.140. The van der Waals surface area contributed by atoms with E-state index in [2.05, 4.69) is 15.5 Å². The first-order valence-corrected chi connectivity index (χ1v) is 6.12. The summed E-state index contributed by atoms with van der Waals surface area (Å²) in [5.74, 6) is -1.46. The minimum atomic E-state index is -1.02. The summed E-state index contributed by atoms with van der Waals surface area (Å²) in [6.07, 6.45) is 4.54. The van der Waals surface area contributed by atoms with Crippen molar-refractivity contribution in [3.05, 3.63) is 30.4 Å². The first-order valence-electron chi connectivity index (χ1n) is 6.12. The highest BCUT2D eigenvalue weighted by atomic mass is 16.5. The number of nitrogens with zero attached hydrogens (tertiary/aromatic N) is 4. The van der Waals surface area contributed by atoms with Gasteiger partial charge in [-0.25, -0.2) is 9.48 Å². The lowest BCUT2D eigenvalue weighted by atomic mass is 10.3. The Labute approximate surface area is 120 Å². The van der Waals surface area contributed by atoms with E-state index in [4.69, 9.17) is 9.84 Å². The van der Waals surface area contributed by atoms with Crippen LogP contribution in [0.3, 0.4) is 0 Å². The van der Waals surface area contributed by atoms with Gasteiger partial charge in [0.25, 0.3) is 5.91 Å². The average molecular weight is 293 g/mol. The quantitative estimate of drug-likeness (QED) is 0.806. The summed E-state index contributed by atoms with van der Waals surface area (Å²) in [5.41, 5.74) is 0.625. The summed E-state index contributed by atoms with van der Waals surface area (Å²) in [5, 5.41) is 19.4. The number of carbonyl (C=O) groups excluding carboxylic acids is 1. The highest BCUT2D eigenvalue weighted by Gasteiger charge is 2.17. The maximum atomic E-state index is 12.0. The van der Waals surface area contributed by atoms with Crippen molar-refractivity contribution in [1.29, 1.82) is 0 Å². The molecule has 1 amide bonds. The van der Waals surface area contributed by atoms with Gasteiger partial charge in [0, 0.05) is 13.3 Å². The van der Waals surface area contributed by atoms with Crippen LogP contribution in [0.25, 0.3) is 0 Å². The standard InChI is InChI=1S/C12H15N5O4/c1-8(12(19)20)17-4-3-10(15-17)11(18)14-9-5-13-16(6-9)7-21-2/h3-6,8H,7H2,1-2H3,(H,14,18)(H,19,20). The van der Waals surface area contributed by atoms with Gasteiger partial charge in [-0.05, 0) is 13.0 Å². The van der Waals surface area contributed by atoms with Crippen molar-refractivity contribution in [2.45, 2.75) is 19.7 Å². The van der Waals surface area contributed by atoms with Crippen LogP contribution in [0.1, 0.15) is 23.5 Å². The molecule has 9 nitrogen and oxygen atoms in total. The predicted octanol–water partition coefficient (Wildman–Crippen LogP) is 0.581. The molecule has 0 fully saturated rings. The molecule has 0 saturated carbocycles. The molecule has 1 atom stereocenters. The number of rotatable bonds is 6. The van der Waals surface area contributed by atoms with Gasteiger partial charge in [0.15, 0.2) is 5.69 Å². The number of hydrogen-bond acceptors (Lipinski definition) is 5. The van der Waals surface area contributed by atoms with E-state index in [1.54, 1.807) is 6.20 Å². The number of ether oxygens (including phenoxy) is 1. The van der Waals surface area contributed by atoms with Crippen LogP contribution in [0.5, 0.6) is 0 Å². The Balaban J connectivity index is 2.04. The maximum Gasteiger partial charge on any atom is 0.328 e. The number of methoxy groups -OCH3 is 1. The number of hydrogen-bond donors (Lipinski definition) is 2. The Morgan fingerprint density at radius 1 is 1.52 bits per heavy atom. The first kappa shape index (κ1) is 14.7. The fourth-order valence-corrected chi connectivity index (χ4v) is 1.61. The van der Waals surface area contributed by atoms with Crippen LogP contribution in [0.4, 0.5) is 5.69 Å². The number of carbonyl (C=O) groups is 2. The zero-order valence-electron chi connectivity index (χ0n) is 11.6. The monoisotopic (exact) mass is 293 g/mol. The lowest BCUT2D eigenvalue weighted by Gasteiger charge is -2.05. The lowest BCUT2D eigenvalue weighted by Crippen LogP contribution is -2.18. The molecule has 2 rings (SSSR count). The molecular weight excluding hydrogens is 278 g/mol. The van der Waals surface area contributed by atoms with Crippen molar-refractivity contribution in [2.75, 3.05) is 12.4 Å². The van der Waals surface area contributed by atoms with Crippen LogP contribution in [0.15, 0.2) is 24.7 Å². The number of anilines is 1. The number of aromatic nitrogens is 4. The van der Waals surface area contributed by atoms with Crippen LogP contribution in [-0.4, -0.2) is 43.7 Å². The molecule has 0 radical (unpaired) electrons. The topological polar surface area (TPSA) is 111 Å². The van der Waals surface area contributed by atoms with E-state index in [-0.39, 0.29) is 12.4 Å². The highest BCUT2D eigenvalue weighted by molar-refractivity contribution is 6.02. The Kier molecular flexibility index (Phi) is 4.33. The van der Waals surface area contributed by atoms with Gasteiger partial charge in [-0.2, -0.15) is 10.2 Å². The molecule has 0 bridgehead atoms. The molecular formula is C12H15N5O4. The number of carboxylic acid groups (broad SMARTS) is 1. The van der Waals surface area contributed by atoms with E-state index < -0.39 is 17.9 Å². The number of nitrogens with one attached hydrogen (secondary N) is 1. The zero-order valence-corrected chi connectivity index (χ0v) is 11.6. The van der Waals surface area contributed by atoms with Crippen molar-refractivity contribution in [3.8, 4) is 0 Å². The zero-order chi connectivity index (χ0) is 15.4. The second-order valence-electron chi connectivity index (χ2n) is 4.34. The Bertz CT molecular complexity index is 648. The van der Waals surface area contributed by atoms with Crippen molar-refractivity contribution in [1.82, 2.24) is 19.6 Å². The van der Waals surface area contributed by atoms with Crippen LogP contribution >= 0.6 is 0 Å². The fourth-order valence-electron chi connectivity index (χ4n) is 1.61. The summed E-state index contributed by atoms with van der Waals surface area (Å²) in [6, 6.07) is 0.616. The second kappa shape index (κ2) is 6.18. The smallest absolute Gasteiger partial charge is 0.328 e. The molecule has 0 aliphatic carbocycles. The molecule has 9 heteroatoms. The van der Waals surface area contributed by atoms with E-state index in [0.717, 1.165) is 0 Å². The third kappa shape index (κ3) is 3.45. The second-order valence-corrected chi connectivity index (χ2v) is 4.34. The summed E-state index contributed by atoms with van der Waals surface area (Å²) in [7, 11) is 1.54. The average Bonchev–Trinajstić information content (AvgIpc) is 3.07. The van der Waals surface area contributed by atoms with Gasteiger partial charge in [-0.3, -0.25) is 9.48 Å². The molecule has 0 spiro atoms. The van der Waals surface area contributed by atoms with E-state index in [1.807, 2.05) is 0 Å². The molecule has 112 valence electrons. The largest absolute Gasteiger partial charge is 0.480 e. The van der Waals surface area contributed by atoms with Gasteiger partial charge in [-0.1, -0.05) is 0 Å². The molecule has 0 aliphatic rings. The number of carboxylic acids is 1. The van der Waals surface area contributed by atoms with E-state index >= 15 is 0 Å². The molecule has 1 unspecified atom stereocenters. The molecule has 0 aromatic carbocycles. The van der Waals surface area contributed by atoms with Gasteiger partial charge >= 0.3 is 5.97 Å². The third-order valence-electron chi connectivity index (χ3n) is 2.75. The Morgan fingerprint density at radius 2 is 2.29 bits per heavy atom. The van der Waals surface area contributed by atoms with Gasteiger partial charge in [0.2, 0.25) is 0 Å². The highest BCUT2D eigenvalue weighted by Crippen LogP contribution is 2.09. The van der Waals surface area contributed by atoms with E-state index in [0.29, 0.717) is 5.69 Å². The van der Waals surface area contributed by atoms with E-state index in [1.165, 1.54) is 41.9 Å². The summed E-state index contributed by atoms with van der Waals surface area (Å²) in [6.45, 7) is 1.76. The maximum absolute atomic E-state index is 12.0. The summed E-state index contributed by atoms with van der Waals surface area (Å²) in [4.78, 5) is 22.8. The van der Waals surface area contributed by atoms with Crippen LogP contribution < -0.4 is 5.32 Å². The molecule has 2 heterocycles. The molecule has 2 aromatic heterocycles. The minimum absolute atomic E-state index is 0.127. The van der Waals surface area contributed by atoms with Gasteiger partial charge in [0.1, 0.15) is 12.8 Å². The predicted molar refractivity (Wildman–Crippen MR) is 71.8 cm³/mol. The van der Waals surface area contributed by atoms with Crippen molar-refractivity contribution in [2.24, 2.45) is 0 Å². The SMILES string of the molecule is COCn1cc(NC(=O)c2ccn(C(C)C(=O)O)n2)cn1. The van der Waals surface area contributed by atoms with Gasteiger partial charge in [0.05, 0.1) is 18.1 Å². The molecule has 0 aliphatic heterocycles. The van der Waals surface area contributed by atoms with Crippen molar-refractivity contribution in [3.63, 3.8) is 0 Å². The first-order chi connectivity index (χ1) is 10.0. The minimum Gasteiger partial charge on any atom is -0.480 e. The molecule has 0 saturated heterocycles. The van der Waals surface area contributed by atoms with Gasteiger partial charge < -0.3 is 15.2 Å². The van der Waals surface area contributed by atoms with Crippen LogP contribution in [0.2, 0.25) is 0 Å². The summed E-state index contributed by atoms with van der Waals surface area (Å²) >= 11 is 0. The normalized spacial score (nSPS) is 12.1. The van der Waals surface area contributed by atoms with Crippen molar-refractivity contribution >= 4 is 17.6 Å². The number of aliphatic carboxylic acids is 1. The van der Waals surface area contributed by atoms with Crippen LogP contribution in [-0.2, 0) is 16.3 Å². The molecule has 21 heavy (non-hydrogen) atoms. The van der Waals surface area contributed by atoms with Crippen molar-refractivity contribution < 1.29 is 19.4 Å². The van der Waals surface area contributed by atoms with Gasteiger partial charge in [-0.15, -0.1) is 0 Å². The molecule has 2 aromatic rings. The van der Waals surface area contributed by atoms with Crippen LogP contribution in [0, 0.1) is 0 Å².